The van der Waals surface area contributed by atoms with Crippen LogP contribution in [0.1, 0.15) is 44.9 Å². The molecule has 1 N–H and O–H groups in total. The average Bonchev–Trinajstić information content (AvgIpc) is 2.29. The Labute approximate surface area is 87.4 Å². The Morgan fingerprint density at radius 3 is 2.57 bits per heavy atom. The van der Waals surface area contributed by atoms with Crippen molar-refractivity contribution in [3.63, 3.8) is 0 Å². The lowest BCUT2D eigenvalue weighted by Crippen LogP contribution is -2.33. The van der Waals surface area contributed by atoms with E-state index in [1.807, 2.05) is 0 Å². The normalized spacial score (nSPS) is 30.4. The second-order valence-electron chi connectivity index (χ2n) is 4.81. The van der Waals surface area contributed by atoms with E-state index in [9.17, 15) is 0 Å². The van der Waals surface area contributed by atoms with Crippen molar-refractivity contribution in [3.05, 3.63) is 0 Å². The Bertz CT molecular complexity index is 130. The topological polar surface area (TPSA) is 21.3 Å². The van der Waals surface area contributed by atoms with E-state index < -0.39 is 0 Å². The molecule has 0 bridgehead atoms. The Balaban J connectivity index is 1.60. The van der Waals surface area contributed by atoms with Crippen LogP contribution in [0.4, 0.5) is 0 Å². The number of ether oxygens (including phenoxy) is 1. The smallest absolute Gasteiger partial charge is 0.0575 e. The summed E-state index contributed by atoms with van der Waals surface area (Å²) in [7, 11) is 0. The summed E-state index contributed by atoms with van der Waals surface area (Å²) >= 11 is 0. The van der Waals surface area contributed by atoms with Crippen LogP contribution in [-0.2, 0) is 4.74 Å². The molecule has 1 aliphatic heterocycles. The highest BCUT2D eigenvalue weighted by atomic mass is 16.5. The molecule has 0 radical (unpaired) electrons. The molecule has 2 nitrogen and oxygen atoms in total. The maximum Gasteiger partial charge on any atom is 0.0575 e. The number of rotatable bonds is 3. The lowest BCUT2D eigenvalue weighted by molar-refractivity contribution is 0.00375. The molecule has 0 aromatic carbocycles. The van der Waals surface area contributed by atoms with E-state index in [0.717, 1.165) is 12.5 Å². The lowest BCUT2D eigenvalue weighted by atomic mass is 9.97. The quantitative estimate of drug-likeness (QED) is 0.750. The minimum absolute atomic E-state index is 0.589. The number of nitrogens with one attached hydrogen (secondary N) is 1. The van der Waals surface area contributed by atoms with Gasteiger partial charge in [-0.25, -0.2) is 0 Å². The van der Waals surface area contributed by atoms with Gasteiger partial charge in [0.15, 0.2) is 0 Å². The number of hydrogen-bond donors (Lipinski definition) is 1. The van der Waals surface area contributed by atoms with Crippen molar-refractivity contribution >= 4 is 0 Å². The van der Waals surface area contributed by atoms with Crippen LogP contribution in [-0.4, -0.2) is 25.8 Å². The zero-order chi connectivity index (χ0) is 9.64. The van der Waals surface area contributed by atoms with Crippen LogP contribution in [0.3, 0.4) is 0 Å². The standard InChI is InChI=1S/C12H23NO/c1-2-6-12(7-3-1)14-10-11-5-4-8-13-9-11/h11-13H,1-10H2/t11-/m0/s1. The summed E-state index contributed by atoms with van der Waals surface area (Å²) in [5.41, 5.74) is 0. The largest absolute Gasteiger partial charge is 0.378 e. The fraction of sp³-hybridized carbons (Fsp3) is 1.00. The summed E-state index contributed by atoms with van der Waals surface area (Å²) in [4.78, 5) is 0. The first-order valence-electron chi connectivity index (χ1n) is 6.27. The highest BCUT2D eigenvalue weighted by molar-refractivity contribution is 4.70. The van der Waals surface area contributed by atoms with Gasteiger partial charge in [-0.2, -0.15) is 0 Å². The summed E-state index contributed by atoms with van der Waals surface area (Å²) in [6.45, 7) is 3.38. The van der Waals surface area contributed by atoms with Crippen molar-refractivity contribution in [2.24, 2.45) is 5.92 Å². The Kier molecular flexibility index (Phi) is 4.26. The summed E-state index contributed by atoms with van der Waals surface area (Å²) in [5.74, 6) is 0.783. The van der Waals surface area contributed by atoms with E-state index in [-0.39, 0.29) is 0 Å². The molecule has 1 saturated carbocycles. The van der Waals surface area contributed by atoms with Crippen LogP contribution in [0.5, 0.6) is 0 Å². The van der Waals surface area contributed by atoms with Crippen LogP contribution in [0.15, 0.2) is 0 Å². The monoisotopic (exact) mass is 197 g/mol. The van der Waals surface area contributed by atoms with E-state index in [1.54, 1.807) is 0 Å². The van der Waals surface area contributed by atoms with Crippen molar-refractivity contribution in [1.82, 2.24) is 5.32 Å². The molecule has 2 heteroatoms. The second-order valence-corrected chi connectivity index (χ2v) is 4.81. The highest BCUT2D eigenvalue weighted by Crippen LogP contribution is 2.21. The first-order valence-corrected chi connectivity index (χ1v) is 6.27. The third-order valence-corrected chi connectivity index (χ3v) is 3.52. The number of piperidine rings is 1. The molecule has 1 atom stereocenters. The van der Waals surface area contributed by atoms with Crippen molar-refractivity contribution < 1.29 is 4.74 Å². The van der Waals surface area contributed by atoms with Gasteiger partial charge in [-0.05, 0) is 38.1 Å². The molecule has 1 aliphatic carbocycles. The lowest BCUT2D eigenvalue weighted by Gasteiger charge is -2.27. The summed E-state index contributed by atoms with van der Waals surface area (Å²) in [6, 6.07) is 0. The molecule has 2 fully saturated rings. The molecule has 1 saturated heterocycles. The highest BCUT2D eigenvalue weighted by Gasteiger charge is 2.17. The molecule has 0 spiro atoms. The van der Waals surface area contributed by atoms with Gasteiger partial charge in [-0.1, -0.05) is 19.3 Å². The van der Waals surface area contributed by atoms with Crippen molar-refractivity contribution in [2.45, 2.75) is 51.0 Å². The van der Waals surface area contributed by atoms with Gasteiger partial charge in [0.2, 0.25) is 0 Å². The molecule has 2 rings (SSSR count). The van der Waals surface area contributed by atoms with E-state index in [2.05, 4.69) is 5.32 Å². The first kappa shape index (κ1) is 10.4. The molecule has 1 heterocycles. The van der Waals surface area contributed by atoms with Crippen LogP contribution in [0, 0.1) is 5.92 Å². The van der Waals surface area contributed by atoms with Crippen LogP contribution >= 0.6 is 0 Å². The first-order chi connectivity index (χ1) is 6.95. The third-order valence-electron chi connectivity index (χ3n) is 3.52. The van der Waals surface area contributed by atoms with E-state index in [4.69, 9.17) is 4.74 Å². The molecule has 0 amide bonds. The van der Waals surface area contributed by atoms with Gasteiger partial charge < -0.3 is 10.1 Å². The zero-order valence-electron chi connectivity index (χ0n) is 9.13. The van der Waals surface area contributed by atoms with Gasteiger partial charge in [-0.3, -0.25) is 0 Å². The van der Waals surface area contributed by atoms with Crippen LogP contribution in [0.2, 0.25) is 0 Å². The molecule has 2 aliphatic rings. The summed E-state index contributed by atoms with van der Waals surface area (Å²) < 4.78 is 5.98. The second kappa shape index (κ2) is 5.72. The van der Waals surface area contributed by atoms with Gasteiger partial charge in [0.05, 0.1) is 12.7 Å². The maximum atomic E-state index is 5.98. The van der Waals surface area contributed by atoms with E-state index in [0.29, 0.717) is 6.10 Å². The Hall–Kier alpha value is -0.0800. The molecule has 14 heavy (non-hydrogen) atoms. The summed E-state index contributed by atoms with van der Waals surface area (Å²) in [6.07, 6.45) is 10.1. The Morgan fingerprint density at radius 2 is 1.86 bits per heavy atom. The van der Waals surface area contributed by atoms with Crippen LogP contribution in [0.25, 0.3) is 0 Å². The van der Waals surface area contributed by atoms with Gasteiger partial charge in [0, 0.05) is 6.54 Å². The fourth-order valence-electron chi connectivity index (χ4n) is 2.57. The molecule has 0 aromatic rings. The maximum absolute atomic E-state index is 5.98. The minimum atomic E-state index is 0.589. The molecule has 0 unspecified atom stereocenters. The summed E-state index contributed by atoms with van der Waals surface area (Å²) in [5, 5.41) is 3.44. The molecule has 0 aromatic heterocycles. The third kappa shape index (κ3) is 3.25. The predicted octanol–water partition coefficient (Wildman–Crippen LogP) is 2.34. The number of hydrogen-bond acceptors (Lipinski definition) is 2. The van der Waals surface area contributed by atoms with Gasteiger partial charge in [0.25, 0.3) is 0 Å². The van der Waals surface area contributed by atoms with Crippen molar-refractivity contribution in [2.75, 3.05) is 19.7 Å². The average molecular weight is 197 g/mol. The Morgan fingerprint density at radius 1 is 1.00 bits per heavy atom. The minimum Gasteiger partial charge on any atom is -0.378 e. The van der Waals surface area contributed by atoms with Gasteiger partial charge >= 0.3 is 0 Å². The van der Waals surface area contributed by atoms with Gasteiger partial charge in [-0.15, -0.1) is 0 Å². The zero-order valence-corrected chi connectivity index (χ0v) is 9.13. The van der Waals surface area contributed by atoms with Crippen molar-refractivity contribution in [3.8, 4) is 0 Å². The van der Waals surface area contributed by atoms with E-state index >= 15 is 0 Å². The SMILES string of the molecule is C1CCC(OC[C@H]2CCCNC2)CC1. The van der Waals surface area contributed by atoms with Gasteiger partial charge in [0.1, 0.15) is 0 Å². The molecule has 82 valence electrons. The predicted molar refractivity (Wildman–Crippen MR) is 58.4 cm³/mol. The van der Waals surface area contributed by atoms with E-state index in [1.165, 1.54) is 58.0 Å². The van der Waals surface area contributed by atoms with Crippen LogP contribution < -0.4 is 5.32 Å². The fourth-order valence-corrected chi connectivity index (χ4v) is 2.57. The molecular weight excluding hydrogens is 174 g/mol. The molecular formula is C12H23NO. The van der Waals surface area contributed by atoms with Crippen molar-refractivity contribution in [1.29, 1.82) is 0 Å².